The number of aliphatic hydroxyl groups is 3. The fourth-order valence-corrected chi connectivity index (χ4v) is 4.29. The Kier molecular flexibility index (Phi) is 16.8. The molecule has 0 aliphatic heterocycles. The Morgan fingerprint density at radius 1 is 0.719 bits per heavy atom. The van der Waals surface area contributed by atoms with Crippen LogP contribution in [0.5, 0.6) is 0 Å². The van der Waals surface area contributed by atoms with E-state index in [0.29, 0.717) is 6.54 Å². The molecule has 0 bridgehead atoms. The minimum Gasteiger partial charge on any atom is -0.392 e. The van der Waals surface area contributed by atoms with Crippen molar-refractivity contribution < 1.29 is 15.3 Å². The molecule has 4 heteroatoms. The molecule has 0 aliphatic rings. The van der Waals surface area contributed by atoms with Crippen molar-refractivity contribution in [1.82, 2.24) is 4.90 Å². The predicted octanol–water partition coefficient (Wildman–Crippen LogP) is 6.23. The normalized spacial score (nSPS) is 14.6. The van der Waals surface area contributed by atoms with E-state index in [9.17, 15) is 15.3 Å². The van der Waals surface area contributed by atoms with Gasteiger partial charge in [0, 0.05) is 12.5 Å². The predicted molar refractivity (Wildman–Crippen MR) is 136 cm³/mol. The fraction of sp³-hybridized carbons (Fsp3) is 0.786. The van der Waals surface area contributed by atoms with Gasteiger partial charge in [-0.1, -0.05) is 109 Å². The van der Waals surface area contributed by atoms with Crippen molar-refractivity contribution in [2.24, 2.45) is 5.92 Å². The van der Waals surface area contributed by atoms with Crippen LogP contribution in [0.25, 0.3) is 0 Å². The van der Waals surface area contributed by atoms with E-state index in [1.165, 1.54) is 77.0 Å². The summed E-state index contributed by atoms with van der Waals surface area (Å²) in [4.78, 5) is 2.42. The highest BCUT2D eigenvalue weighted by molar-refractivity contribution is 5.24. The first-order chi connectivity index (χ1) is 15.5. The second kappa shape index (κ2) is 18.5. The van der Waals surface area contributed by atoms with Gasteiger partial charge in [-0.2, -0.15) is 0 Å². The summed E-state index contributed by atoms with van der Waals surface area (Å²) in [6, 6.07) is 7.37. The first-order valence-corrected chi connectivity index (χ1v) is 13.3. The Labute approximate surface area is 198 Å². The third kappa shape index (κ3) is 12.3. The molecule has 4 nitrogen and oxygen atoms in total. The van der Waals surface area contributed by atoms with Gasteiger partial charge in [0.15, 0.2) is 0 Å². The number of hydrogen-bond acceptors (Lipinski definition) is 4. The Morgan fingerprint density at radius 3 is 1.66 bits per heavy atom. The molecule has 3 N–H and O–H groups in total. The summed E-state index contributed by atoms with van der Waals surface area (Å²) >= 11 is 0. The van der Waals surface area contributed by atoms with Crippen molar-refractivity contribution in [3.05, 3.63) is 35.4 Å². The molecule has 0 aromatic heterocycles. The van der Waals surface area contributed by atoms with Crippen molar-refractivity contribution in [3.63, 3.8) is 0 Å². The van der Waals surface area contributed by atoms with Crippen LogP contribution in [0, 0.1) is 5.92 Å². The Hall–Kier alpha value is -0.940. The van der Waals surface area contributed by atoms with Gasteiger partial charge in [0.05, 0.1) is 18.8 Å². The highest BCUT2D eigenvalue weighted by Crippen LogP contribution is 2.25. The van der Waals surface area contributed by atoms with E-state index >= 15 is 0 Å². The summed E-state index contributed by atoms with van der Waals surface area (Å²) in [6.45, 7) is 9.12. The summed E-state index contributed by atoms with van der Waals surface area (Å²) in [7, 11) is 0. The quantitative estimate of drug-likeness (QED) is 0.206. The van der Waals surface area contributed by atoms with Crippen molar-refractivity contribution in [2.45, 2.75) is 117 Å². The van der Waals surface area contributed by atoms with Gasteiger partial charge in [-0.3, -0.25) is 0 Å². The van der Waals surface area contributed by atoms with Crippen LogP contribution in [0.1, 0.15) is 115 Å². The van der Waals surface area contributed by atoms with Gasteiger partial charge < -0.3 is 20.2 Å². The number of hydrogen-bond donors (Lipinski definition) is 3. The molecule has 3 unspecified atom stereocenters. The second-order valence-electron chi connectivity index (χ2n) is 9.61. The van der Waals surface area contributed by atoms with Crippen LogP contribution in [0.4, 0.5) is 0 Å². The smallest absolute Gasteiger partial charge is 0.0840 e. The van der Waals surface area contributed by atoms with E-state index in [4.69, 9.17) is 0 Å². The van der Waals surface area contributed by atoms with Gasteiger partial charge in [0.2, 0.25) is 0 Å². The topological polar surface area (TPSA) is 63.9 Å². The first-order valence-electron chi connectivity index (χ1n) is 13.3. The van der Waals surface area contributed by atoms with Gasteiger partial charge in [0.1, 0.15) is 0 Å². The third-order valence-electron chi connectivity index (χ3n) is 6.71. The van der Waals surface area contributed by atoms with Crippen LogP contribution in [0.15, 0.2) is 24.3 Å². The largest absolute Gasteiger partial charge is 0.392 e. The number of benzene rings is 1. The van der Waals surface area contributed by atoms with Crippen LogP contribution < -0.4 is 0 Å². The molecule has 0 saturated heterocycles. The Morgan fingerprint density at radius 2 is 1.19 bits per heavy atom. The molecular formula is C28H51NO3. The average Bonchev–Trinajstić information content (AvgIpc) is 2.82. The molecule has 186 valence electrons. The molecule has 3 atom stereocenters. The molecule has 0 aliphatic carbocycles. The van der Waals surface area contributed by atoms with Crippen molar-refractivity contribution in [3.8, 4) is 0 Å². The standard InChI is InChI=1S/C28H51NO3/c1-4-6-8-10-12-14-20-29(21-15-13-11-9-7-5-2)22-27(31)24(3)28(32)26-18-16-25(23-30)17-19-26/h16-19,24,27-28,30-32H,4-15,20-23H2,1-3H3. The van der Waals surface area contributed by atoms with Crippen molar-refractivity contribution in [1.29, 1.82) is 0 Å². The summed E-state index contributed by atoms with van der Waals surface area (Å²) in [5.41, 5.74) is 1.63. The molecule has 1 aromatic rings. The molecule has 0 spiro atoms. The van der Waals surface area contributed by atoms with E-state index < -0.39 is 12.2 Å². The molecular weight excluding hydrogens is 398 g/mol. The van der Waals surface area contributed by atoms with Crippen LogP contribution in [0.3, 0.4) is 0 Å². The second-order valence-corrected chi connectivity index (χ2v) is 9.61. The average molecular weight is 450 g/mol. The molecule has 0 fully saturated rings. The van der Waals surface area contributed by atoms with E-state index in [-0.39, 0.29) is 12.5 Å². The third-order valence-corrected chi connectivity index (χ3v) is 6.71. The van der Waals surface area contributed by atoms with E-state index in [0.717, 1.165) is 24.2 Å². The van der Waals surface area contributed by atoms with Gasteiger partial charge >= 0.3 is 0 Å². The zero-order valence-corrected chi connectivity index (χ0v) is 21.1. The van der Waals surface area contributed by atoms with Crippen LogP contribution in [0.2, 0.25) is 0 Å². The highest BCUT2D eigenvalue weighted by Gasteiger charge is 2.25. The highest BCUT2D eigenvalue weighted by atomic mass is 16.3. The monoisotopic (exact) mass is 449 g/mol. The molecule has 32 heavy (non-hydrogen) atoms. The minimum absolute atomic E-state index is 0.000400. The number of rotatable bonds is 20. The minimum atomic E-state index is -0.706. The Bertz CT molecular complexity index is 532. The van der Waals surface area contributed by atoms with Crippen LogP contribution >= 0.6 is 0 Å². The van der Waals surface area contributed by atoms with E-state index in [1.807, 2.05) is 31.2 Å². The summed E-state index contributed by atoms with van der Waals surface area (Å²) in [5, 5.41) is 30.9. The zero-order valence-electron chi connectivity index (χ0n) is 21.1. The molecule has 1 aromatic carbocycles. The van der Waals surface area contributed by atoms with Crippen LogP contribution in [-0.4, -0.2) is 46.0 Å². The lowest BCUT2D eigenvalue weighted by atomic mass is 9.91. The SMILES string of the molecule is CCCCCCCCN(CCCCCCCC)CC(O)C(C)C(O)c1ccc(CO)cc1. The Balaban J connectivity index is 2.54. The molecule has 0 saturated carbocycles. The van der Waals surface area contributed by atoms with Crippen molar-refractivity contribution >= 4 is 0 Å². The number of unbranched alkanes of at least 4 members (excludes halogenated alkanes) is 10. The maximum Gasteiger partial charge on any atom is 0.0840 e. The van der Waals surface area contributed by atoms with Gasteiger partial charge in [-0.15, -0.1) is 0 Å². The fourth-order valence-electron chi connectivity index (χ4n) is 4.29. The van der Waals surface area contributed by atoms with Gasteiger partial charge in [0.25, 0.3) is 0 Å². The van der Waals surface area contributed by atoms with Gasteiger partial charge in [-0.25, -0.2) is 0 Å². The summed E-state index contributed by atoms with van der Waals surface area (Å²) < 4.78 is 0. The number of aliphatic hydroxyl groups excluding tert-OH is 3. The molecule has 0 amide bonds. The lowest BCUT2D eigenvalue weighted by molar-refractivity contribution is 0.00112. The van der Waals surface area contributed by atoms with Crippen molar-refractivity contribution in [2.75, 3.05) is 19.6 Å². The molecule has 0 radical (unpaired) electrons. The first kappa shape index (κ1) is 29.1. The lowest BCUT2D eigenvalue weighted by Crippen LogP contribution is -2.38. The zero-order chi connectivity index (χ0) is 23.6. The van der Waals surface area contributed by atoms with Gasteiger partial charge in [-0.05, 0) is 37.1 Å². The van der Waals surface area contributed by atoms with E-state index in [2.05, 4.69) is 18.7 Å². The molecule has 0 heterocycles. The summed E-state index contributed by atoms with van der Waals surface area (Å²) in [5.74, 6) is -0.244. The number of nitrogens with zero attached hydrogens (tertiary/aromatic N) is 1. The maximum absolute atomic E-state index is 10.9. The van der Waals surface area contributed by atoms with Crippen LogP contribution in [-0.2, 0) is 6.61 Å². The van der Waals surface area contributed by atoms with E-state index in [1.54, 1.807) is 0 Å². The summed E-state index contributed by atoms with van der Waals surface area (Å²) in [6.07, 6.45) is 14.1. The maximum atomic E-state index is 10.9. The lowest BCUT2D eigenvalue weighted by Gasteiger charge is -2.30. The molecule has 1 rings (SSSR count).